The highest BCUT2D eigenvalue weighted by molar-refractivity contribution is 7.50. The highest BCUT2D eigenvalue weighted by atomic mass is 31.2. The zero-order chi connectivity index (χ0) is 22.1. The molecule has 15 nitrogen and oxygen atoms in total. The number of aromatic nitrogens is 4. The number of anilines is 1. The van der Waals surface area contributed by atoms with Crippen LogP contribution in [0.3, 0.4) is 0 Å². The van der Waals surface area contributed by atoms with Gasteiger partial charge in [-0.2, -0.15) is 0 Å². The van der Waals surface area contributed by atoms with Crippen molar-refractivity contribution in [1.82, 2.24) is 24.6 Å². The number of aliphatic hydroxyl groups is 1. The summed E-state index contributed by atoms with van der Waals surface area (Å²) in [5.41, 5.74) is 6.44. The molecule has 1 aliphatic rings. The number of aliphatic carboxylic acids is 2. The number of hydrogen-bond acceptors (Lipinski definition) is 10. The fraction of sp³-hybridized carbons (Fsp3) is 0.500. The number of hydrogen-bond donors (Lipinski definition) is 6. The predicted octanol–water partition coefficient (Wildman–Crippen LogP) is -1.31. The number of nitrogens with one attached hydrogen (secondary N) is 1. The van der Waals surface area contributed by atoms with Crippen molar-refractivity contribution in [2.45, 2.75) is 37.3 Å². The van der Waals surface area contributed by atoms with E-state index in [1.807, 2.05) is 0 Å². The summed E-state index contributed by atoms with van der Waals surface area (Å²) in [6.45, 7) is -0.568. The van der Waals surface area contributed by atoms with E-state index in [4.69, 9.17) is 25.2 Å². The van der Waals surface area contributed by atoms with Crippen molar-refractivity contribution in [2.24, 2.45) is 0 Å². The van der Waals surface area contributed by atoms with Crippen molar-refractivity contribution in [3.63, 3.8) is 0 Å². The average molecular weight is 446 g/mol. The van der Waals surface area contributed by atoms with Crippen LogP contribution < -0.4 is 10.8 Å². The Morgan fingerprint density at radius 2 is 2.13 bits per heavy atom. The second kappa shape index (κ2) is 8.59. The van der Waals surface area contributed by atoms with E-state index in [0.717, 1.165) is 0 Å². The summed E-state index contributed by atoms with van der Waals surface area (Å²) in [5, 5.41) is 29.6. The Bertz CT molecular complexity index is 999. The van der Waals surface area contributed by atoms with Crippen LogP contribution in [0.5, 0.6) is 0 Å². The second-order valence-electron chi connectivity index (χ2n) is 6.45. The molecular weight excluding hydrogens is 427 g/mol. The Kier molecular flexibility index (Phi) is 6.30. The van der Waals surface area contributed by atoms with Crippen molar-refractivity contribution in [3.05, 3.63) is 12.7 Å². The van der Waals surface area contributed by atoms with Gasteiger partial charge in [-0.3, -0.25) is 18.7 Å². The van der Waals surface area contributed by atoms with Crippen LogP contribution in [-0.4, -0.2) is 76.5 Å². The Morgan fingerprint density at radius 1 is 1.40 bits per heavy atom. The molecule has 0 aromatic carbocycles. The first-order valence-electron chi connectivity index (χ1n) is 8.53. The normalized spacial score (nSPS) is 24.5. The zero-order valence-electron chi connectivity index (χ0n) is 15.2. The zero-order valence-corrected chi connectivity index (χ0v) is 16.1. The molecule has 0 saturated carbocycles. The number of nitrogens with zero attached hydrogens (tertiary/aromatic N) is 4. The summed E-state index contributed by atoms with van der Waals surface area (Å²) < 4.78 is 24.1. The first-order chi connectivity index (χ1) is 14.1. The average Bonchev–Trinajstić information content (AvgIpc) is 3.23. The summed E-state index contributed by atoms with van der Waals surface area (Å²) in [5.74, 6) is -2.95. The van der Waals surface area contributed by atoms with E-state index in [1.165, 1.54) is 17.2 Å². The third-order valence-electron chi connectivity index (χ3n) is 4.31. The molecule has 1 saturated heterocycles. The highest BCUT2D eigenvalue weighted by Crippen LogP contribution is 2.40. The van der Waals surface area contributed by atoms with Gasteiger partial charge < -0.3 is 30.7 Å². The van der Waals surface area contributed by atoms with Crippen LogP contribution in [0.15, 0.2) is 12.7 Å². The van der Waals surface area contributed by atoms with Gasteiger partial charge in [0.15, 0.2) is 11.5 Å². The van der Waals surface area contributed by atoms with Gasteiger partial charge in [-0.05, 0) is 0 Å². The third-order valence-corrected chi connectivity index (χ3v) is 5.45. The number of imidazole rings is 1. The monoisotopic (exact) mass is 446 g/mol. The summed E-state index contributed by atoms with van der Waals surface area (Å²) in [6.07, 6.45) is -1.05. The maximum atomic E-state index is 12.1. The van der Waals surface area contributed by atoms with Crippen LogP contribution >= 0.6 is 7.75 Å². The summed E-state index contributed by atoms with van der Waals surface area (Å²) in [7, 11) is -4.70. The molecule has 30 heavy (non-hydrogen) atoms. The number of carboxylic acid groups (broad SMARTS) is 2. The van der Waals surface area contributed by atoms with Crippen molar-refractivity contribution in [1.29, 1.82) is 0 Å². The van der Waals surface area contributed by atoms with Gasteiger partial charge >= 0.3 is 19.7 Å². The lowest BCUT2D eigenvalue weighted by Crippen LogP contribution is -2.37. The van der Waals surface area contributed by atoms with Gasteiger partial charge in [-0.25, -0.2) is 24.6 Å². The number of aliphatic hydroxyl groups excluding tert-OH is 1. The minimum atomic E-state index is -4.70. The van der Waals surface area contributed by atoms with Gasteiger partial charge in [-0.15, -0.1) is 0 Å². The van der Waals surface area contributed by atoms with E-state index in [0.29, 0.717) is 11.2 Å². The maximum Gasteiger partial charge on any atom is 0.403 e. The quantitative estimate of drug-likeness (QED) is 0.246. The van der Waals surface area contributed by atoms with E-state index >= 15 is 0 Å². The lowest BCUT2D eigenvalue weighted by atomic mass is 10.2. The third kappa shape index (κ3) is 4.89. The molecule has 3 rings (SSSR count). The number of nitrogens with two attached hydrogens (primary N) is 1. The van der Waals surface area contributed by atoms with Gasteiger partial charge in [0, 0.05) is 6.42 Å². The lowest BCUT2D eigenvalue weighted by molar-refractivity contribution is -0.145. The molecule has 0 amide bonds. The van der Waals surface area contributed by atoms with Crippen LogP contribution in [0.4, 0.5) is 5.82 Å². The number of nitrogen functional groups attached to an aromatic ring is 1. The van der Waals surface area contributed by atoms with E-state index < -0.39 is 57.2 Å². The number of ether oxygens (including phenoxy) is 1. The number of fused-ring (bicyclic) bond motifs is 1. The second-order valence-corrected chi connectivity index (χ2v) is 8.01. The molecule has 0 spiro atoms. The van der Waals surface area contributed by atoms with Crippen molar-refractivity contribution >= 4 is 36.7 Å². The van der Waals surface area contributed by atoms with Crippen LogP contribution in [-0.2, 0) is 23.4 Å². The van der Waals surface area contributed by atoms with Gasteiger partial charge in [0.05, 0.1) is 25.5 Å². The molecule has 16 heteroatoms. The van der Waals surface area contributed by atoms with E-state index in [2.05, 4.69) is 15.0 Å². The largest absolute Gasteiger partial charge is 0.481 e. The van der Waals surface area contributed by atoms with Crippen LogP contribution in [0, 0.1) is 0 Å². The van der Waals surface area contributed by atoms with Crippen LogP contribution in [0.2, 0.25) is 0 Å². The van der Waals surface area contributed by atoms with Gasteiger partial charge in [-0.1, -0.05) is 0 Å². The Labute approximate surface area is 168 Å². The summed E-state index contributed by atoms with van der Waals surface area (Å²) in [6, 6.07) is -1.84. The van der Waals surface area contributed by atoms with E-state index in [9.17, 15) is 24.2 Å². The molecule has 3 heterocycles. The van der Waals surface area contributed by atoms with Crippen molar-refractivity contribution in [2.75, 3.05) is 12.3 Å². The maximum absolute atomic E-state index is 12.1. The molecule has 0 bridgehead atoms. The van der Waals surface area contributed by atoms with Gasteiger partial charge in [0.1, 0.15) is 30.2 Å². The van der Waals surface area contributed by atoms with Crippen LogP contribution in [0.25, 0.3) is 11.2 Å². The highest BCUT2D eigenvalue weighted by Gasteiger charge is 2.38. The Hall–Kier alpha value is -2.68. The fourth-order valence-corrected chi connectivity index (χ4v) is 3.91. The molecule has 1 fully saturated rings. The first kappa shape index (κ1) is 22.0. The molecule has 164 valence electrons. The lowest BCUT2D eigenvalue weighted by Gasteiger charge is -2.20. The predicted molar refractivity (Wildman–Crippen MR) is 96.9 cm³/mol. The Balaban J connectivity index is 1.63. The Morgan fingerprint density at radius 3 is 2.80 bits per heavy atom. The molecule has 7 N–H and O–H groups in total. The SMILES string of the molecule is Nc1ncnc2c1ncn2[C@H]1C[C@H](O)[C@@H](COP(=O)(O)N[C@@H](CC(=O)O)C(=O)O)O1. The molecule has 5 atom stereocenters. The first-order valence-corrected chi connectivity index (χ1v) is 10.1. The molecule has 2 aromatic heterocycles. The number of rotatable bonds is 9. The van der Waals surface area contributed by atoms with Gasteiger partial charge in [0.25, 0.3) is 0 Å². The summed E-state index contributed by atoms with van der Waals surface area (Å²) >= 11 is 0. The minimum absolute atomic E-state index is 0.0866. The molecule has 2 aromatic rings. The van der Waals surface area contributed by atoms with E-state index in [-0.39, 0.29) is 12.2 Å². The molecule has 0 aliphatic carbocycles. The molecule has 1 unspecified atom stereocenters. The number of carbonyl (C=O) groups is 2. The molecular formula is C14H19N6O9P. The standard InChI is InChI=1S/C14H19N6O9P/c15-12-11-13(17-4-16-12)20(5-18-11)9-2-7(21)8(29-9)3-28-30(26,27)19-6(14(24)25)1-10(22)23/h4-9,21H,1-3H2,(H,22,23)(H,24,25)(H2,15,16,17)(H2,19,26,27)/t6-,7-,8+,9+/m0/s1. The fourth-order valence-electron chi connectivity index (χ4n) is 2.89. The van der Waals surface area contributed by atoms with Gasteiger partial charge in [0.2, 0.25) is 0 Å². The van der Waals surface area contributed by atoms with Crippen LogP contribution in [0.1, 0.15) is 19.1 Å². The van der Waals surface area contributed by atoms with Crippen molar-refractivity contribution < 1.29 is 43.6 Å². The number of carboxylic acids is 2. The smallest absolute Gasteiger partial charge is 0.403 e. The topological polar surface area (TPSA) is 232 Å². The van der Waals surface area contributed by atoms with E-state index in [1.54, 1.807) is 5.09 Å². The molecule has 1 aliphatic heterocycles. The summed E-state index contributed by atoms with van der Waals surface area (Å²) in [4.78, 5) is 43.5. The minimum Gasteiger partial charge on any atom is -0.481 e. The van der Waals surface area contributed by atoms with Crippen molar-refractivity contribution in [3.8, 4) is 0 Å². The molecule has 0 radical (unpaired) electrons.